The number of aromatic hydroxyl groups is 2. The number of nitriles is 1. The first-order valence-electron chi connectivity index (χ1n) is 17.8. The minimum absolute atomic E-state index is 0.0151. The predicted octanol–water partition coefficient (Wildman–Crippen LogP) is 1.46. The topological polar surface area (TPSA) is 246 Å². The number of aliphatic hydroxyl groups is 3. The Morgan fingerprint density at radius 3 is 2.38 bits per heavy atom. The van der Waals surface area contributed by atoms with Gasteiger partial charge in [-0.25, -0.2) is 4.79 Å². The van der Waals surface area contributed by atoms with Crippen LogP contribution in [0.25, 0.3) is 0 Å². The molecule has 0 spiro atoms. The van der Waals surface area contributed by atoms with Gasteiger partial charge in [0.15, 0.2) is 17.9 Å². The van der Waals surface area contributed by atoms with Crippen molar-refractivity contribution in [1.29, 1.82) is 5.26 Å². The number of carbonyl (C=O) groups excluding carboxylic acids is 4. The van der Waals surface area contributed by atoms with Crippen LogP contribution >= 0.6 is 0 Å². The molecule has 2 heterocycles. The highest BCUT2D eigenvalue weighted by atomic mass is 16.7. The Bertz CT molecular complexity index is 1950. The van der Waals surface area contributed by atoms with Crippen molar-refractivity contribution >= 4 is 23.4 Å². The highest BCUT2D eigenvalue weighted by molar-refractivity contribution is 6.31. The van der Waals surface area contributed by atoms with Crippen LogP contribution in [0.2, 0.25) is 0 Å². The minimum Gasteiger partial charge on any atom is -0.507 e. The van der Waals surface area contributed by atoms with Crippen LogP contribution in [0.4, 0.5) is 4.79 Å². The van der Waals surface area contributed by atoms with Crippen molar-refractivity contribution in [3.8, 4) is 23.3 Å². The van der Waals surface area contributed by atoms with Crippen molar-refractivity contribution in [2.24, 2.45) is 0 Å². The Hall–Kier alpha value is -4.67. The summed E-state index contributed by atoms with van der Waals surface area (Å²) in [4.78, 5) is 56.8. The lowest BCUT2D eigenvalue weighted by Gasteiger charge is -2.51. The molecule has 2 aromatic carbocycles. The van der Waals surface area contributed by atoms with Crippen LogP contribution in [0.5, 0.6) is 17.2 Å². The molecule has 2 aromatic rings. The first-order valence-corrected chi connectivity index (χ1v) is 17.8. The Kier molecular flexibility index (Phi) is 10.7. The van der Waals surface area contributed by atoms with Gasteiger partial charge >= 0.3 is 6.09 Å². The van der Waals surface area contributed by atoms with Crippen molar-refractivity contribution < 1.29 is 68.4 Å². The van der Waals surface area contributed by atoms with Gasteiger partial charge < -0.3 is 54.1 Å². The maximum Gasteiger partial charge on any atom is 0.410 e. The lowest BCUT2D eigenvalue weighted by Crippen LogP contribution is -2.67. The number of ketones is 3. The zero-order chi connectivity index (χ0) is 40.3. The Labute approximate surface area is 316 Å². The summed E-state index contributed by atoms with van der Waals surface area (Å²) in [6, 6.07) is 4.61. The van der Waals surface area contributed by atoms with Crippen LogP contribution in [0.15, 0.2) is 18.2 Å². The summed E-state index contributed by atoms with van der Waals surface area (Å²) in [5.41, 5.74) is -4.91. The maximum absolute atomic E-state index is 14.0. The van der Waals surface area contributed by atoms with Crippen LogP contribution < -0.4 is 4.74 Å². The summed E-state index contributed by atoms with van der Waals surface area (Å²) >= 11 is 0. The smallest absolute Gasteiger partial charge is 0.410 e. The molecule has 0 bridgehead atoms. The second-order valence-corrected chi connectivity index (χ2v) is 15.2. The van der Waals surface area contributed by atoms with Gasteiger partial charge in [0, 0.05) is 49.1 Å². The van der Waals surface area contributed by atoms with E-state index in [-0.39, 0.29) is 47.5 Å². The molecule has 2 aliphatic carbocycles. The monoisotopic (exact) mass is 767 g/mol. The molecular formula is C38H45N3O14. The molecule has 2 aliphatic heterocycles. The second kappa shape index (κ2) is 14.8. The number of piperazine rings is 1. The number of phenolic OH excluding ortho intramolecular Hbond substituents is 2. The number of amides is 1. The van der Waals surface area contributed by atoms with Crippen LogP contribution in [-0.4, -0.2) is 141 Å². The molecule has 1 amide bonds. The molecule has 55 heavy (non-hydrogen) atoms. The van der Waals surface area contributed by atoms with Crippen molar-refractivity contribution in [2.45, 2.75) is 101 Å². The molecule has 4 aliphatic rings. The molecule has 6 rings (SSSR count). The van der Waals surface area contributed by atoms with E-state index in [4.69, 9.17) is 23.7 Å². The highest BCUT2D eigenvalue weighted by Crippen LogP contribution is 2.52. The number of ether oxygens (including phenoxy) is 5. The third-order valence-electron chi connectivity index (χ3n) is 10.6. The van der Waals surface area contributed by atoms with Gasteiger partial charge in [0.2, 0.25) is 5.78 Å². The fourth-order valence-electron chi connectivity index (χ4n) is 8.07. The summed E-state index contributed by atoms with van der Waals surface area (Å²) in [7, 11) is 2.70. The van der Waals surface area contributed by atoms with Gasteiger partial charge in [-0.05, 0) is 33.8 Å². The van der Waals surface area contributed by atoms with E-state index in [0.29, 0.717) is 0 Å². The lowest BCUT2D eigenvalue weighted by molar-refractivity contribution is -0.270. The minimum atomic E-state index is -2.36. The molecule has 0 saturated carbocycles. The Balaban J connectivity index is 1.38. The fourth-order valence-corrected chi connectivity index (χ4v) is 8.07. The molecule has 17 nitrogen and oxygen atoms in total. The number of hydrogen-bond acceptors (Lipinski definition) is 16. The number of hydrogen-bond donors (Lipinski definition) is 5. The van der Waals surface area contributed by atoms with Crippen molar-refractivity contribution in [3.05, 3.63) is 51.6 Å². The van der Waals surface area contributed by atoms with E-state index >= 15 is 0 Å². The summed E-state index contributed by atoms with van der Waals surface area (Å²) in [6.07, 6.45) is -7.84. The molecule has 17 heteroatoms. The number of fused-ring (bicyclic) bond motifs is 3. The van der Waals surface area contributed by atoms with Crippen LogP contribution in [0.3, 0.4) is 0 Å². The van der Waals surface area contributed by atoms with E-state index in [0.717, 1.165) is 0 Å². The zero-order valence-electron chi connectivity index (χ0n) is 31.3. The molecule has 0 aromatic heterocycles. The quantitative estimate of drug-likeness (QED) is 0.214. The number of nitrogens with zero attached hydrogens (tertiary/aromatic N) is 3. The summed E-state index contributed by atoms with van der Waals surface area (Å²) in [5, 5.41) is 66.7. The molecule has 5 N–H and O–H groups in total. The van der Waals surface area contributed by atoms with Crippen LogP contribution in [0.1, 0.15) is 89.6 Å². The van der Waals surface area contributed by atoms with E-state index in [9.17, 15) is 50.0 Å². The molecule has 0 radical (unpaired) electrons. The largest absolute Gasteiger partial charge is 0.507 e. The van der Waals surface area contributed by atoms with Gasteiger partial charge in [-0.1, -0.05) is 12.1 Å². The van der Waals surface area contributed by atoms with Crippen molar-refractivity contribution in [3.63, 3.8) is 0 Å². The van der Waals surface area contributed by atoms with E-state index < -0.39 is 120 Å². The van der Waals surface area contributed by atoms with Crippen molar-refractivity contribution in [1.82, 2.24) is 9.80 Å². The zero-order valence-corrected chi connectivity index (χ0v) is 31.3. The van der Waals surface area contributed by atoms with Gasteiger partial charge in [-0.2, -0.15) is 5.26 Å². The van der Waals surface area contributed by atoms with Gasteiger partial charge in [0.05, 0.1) is 61.3 Å². The van der Waals surface area contributed by atoms with E-state index in [1.807, 2.05) is 0 Å². The summed E-state index contributed by atoms with van der Waals surface area (Å²) in [5.74, 6) is -4.11. The Morgan fingerprint density at radius 2 is 1.76 bits per heavy atom. The van der Waals surface area contributed by atoms with Gasteiger partial charge in [-0.15, -0.1) is 0 Å². The predicted molar refractivity (Wildman–Crippen MR) is 187 cm³/mol. The van der Waals surface area contributed by atoms with Crippen molar-refractivity contribution in [2.75, 3.05) is 33.9 Å². The van der Waals surface area contributed by atoms with Gasteiger partial charge in [0.25, 0.3) is 0 Å². The van der Waals surface area contributed by atoms with Gasteiger partial charge in [0.1, 0.15) is 47.3 Å². The molecule has 296 valence electrons. The number of phenols is 2. The molecule has 8 atom stereocenters. The number of carbonyl (C=O) groups is 4. The fraction of sp³-hybridized carbons (Fsp3) is 0.553. The maximum atomic E-state index is 14.0. The number of aliphatic hydroxyl groups excluding tert-OH is 2. The standard InChI is InChI=1S/C38H45N3O14/c1-17-31(44)21(41-18(13-39)14-40(15-25(41)52-6)36(49)55-37(2,3)4)10-26(53-17)54-23-12-38(50,24(43)16-42)11-20-28(23)35(48)30-29(33(20)46)32(45)19-8-7-9-22(51-5)27(19)34(30)47/h7-9,17-18,21,23,25-26,31,42,44,46,48,50H,10-12,14-16H2,1-6H3/t17-,18?,21?,23-,25?,26-,31+,38-/m0/s1. The third-order valence-corrected chi connectivity index (χ3v) is 10.6. The third kappa shape index (κ3) is 6.92. The average molecular weight is 768 g/mol. The lowest BCUT2D eigenvalue weighted by atomic mass is 9.72. The Morgan fingerprint density at radius 1 is 1.07 bits per heavy atom. The SMILES string of the molecule is COc1cccc2c1C(=O)c1c(O)c3c(c(O)c1C2=O)C[C@@](O)(C(=O)CO)C[C@@H]3O[C@H]1CC(N2C(C#N)CN(C(=O)OC(C)(C)C)CC2OC)[C@H](O)[C@H](C)O1. The molecule has 2 fully saturated rings. The van der Waals surface area contributed by atoms with Gasteiger partial charge in [-0.3, -0.25) is 19.3 Å². The normalized spacial score (nSPS) is 29.5. The van der Waals surface area contributed by atoms with Crippen LogP contribution in [0, 0.1) is 11.3 Å². The summed E-state index contributed by atoms with van der Waals surface area (Å²) < 4.78 is 29.0. The molecular weight excluding hydrogens is 722 g/mol. The number of methoxy groups -OCH3 is 2. The molecule has 2 saturated heterocycles. The summed E-state index contributed by atoms with van der Waals surface area (Å²) in [6.45, 7) is 5.51. The number of benzene rings is 2. The molecule has 3 unspecified atom stereocenters. The highest BCUT2D eigenvalue weighted by Gasteiger charge is 2.52. The van der Waals surface area contributed by atoms with E-state index in [1.54, 1.807) is 32.6 Å². The van der Waals surface area contributed by atoms with E-state index in [1.165, 1.54) is 37.3 Å². The first-order chi connectivity index (χ1) is 25.9. The van der Waals surface area contributed by atoms with E-state index in [2.05, 4.69) is 6.07 Å². The van der Waals surface area contributed by atoms with Crippen LogP contribution in [-0.2, 0) is 30.2 Å². The number of Topliss-reactive ketones (excluding diaryl/α,β-unsaturated/α-hetero) is 1. The second-order valence-electron chi connectivity index (χ2n) is 15.2. The number of rotatable bonds is 7. The average Bonchev–Trinajstić information content (AvgIpc) is 3.14. The first kappa shape index (κ1) is 40.0.